The van der Waals surface area contributed by atoms with Gasteiger partial charge in [0.05, 0.1) is 11.8 Å². The van der Waals surface area contributed by atoms with E-state index < -0.39 is 29.7 Å². The Balaban J connectivity index is 1.78. The molecular weight excluding hydrogens is 359 g/mol. The molecule has 2 aromatic heterocycles. The average Bonchev–Trinajstić information content (AvgIpc) is 2.57. The van der Waals surface area contributed by atoms with Gasteiger partial charge in [-0.25, -0.2) is 9.97 Å². The molecule has 0 radical (unpaired) electrons. The topological polar surface area (TPSA) is 95.7 Å². The predicted molar refractivity (Wildman–Crippen MR) is 87.3 cm³/mol. The van der Waals surface area contributed by atoms with Gasteiger partial charge in [0, 0.05) is 23.6 Å². The van der Waals surface area contributed by atoms with E-state index in [2.05, 4.69) is 9.97 Å². The number of rotatable bonds is 3. The highest BCUT2D eigenvalue weighted by molar-refractivity contribution is 7.99. The van der Waals surface area contributed by atoms with Crippen LogP contribution in [0.1, 0.15) is 0 Å². The number of thioether (sulfide) groups is 1. The van der Waals surface area contributed by atoms with Crippen LogP contribution in [-0.2, 0) is 0 Å². The van der Waals surface area contributed by atoms with Crippen LogP contribution in [0.4, 0.5) is 4.39 Å². The molecule has 0 aliphatic carbocycles. The number of aliphatic hydroxyl groups is 3. The van der Waals surface area contributed by atoms with Crippen LogP contribution in [0.2, 0.25) is 5.15 Å². The van der Waals surface area contributed by atoms with Gasteiger partial charge in [0.2, 0.25) is 5.95 Å². The minimum absolute atomic E-state index is 0.0399. The zero-order valence-electron chi connectivity index (χ0n) is 12.2. The number of pyridine rings is 2. The lowest BCUT2D eigenvalue weighted by atomic mass is 10.1. The first-order valence-corrected chi connectivity index (χ1v) is 8.49. The van der Waals surface area contributed by atoms with E-state index in [9.17, 15) is 19.7 Å². The molecule has 0 spiro atoms. The van der Waals surface area contributed by atoms with Crippen molar-refractivity contribution in [3.63, 3.8) is 0 Å². The van der Waals surface area contributed by atoms with Crippen LogP contribution in [0.25, 0.3) is 11.3 Å². The van der Waals surface area contributed by atoms with E-state index in [1.54, 1.807) is 18.2 Å². The molecule has 4 atom stereocenters. The molecule has 128 valence electrons. The highest BCUT2D eigenvalue weighted by Gasteiger charge is 2.38. The Labute approximate surface area is 146 Å². The molecule has 2 aromatic rings. The van der Waals surface area contributed by atoms with Crippen LogP contribution in [0.3, 0.4) is 0 Å². The first kappa shape index (κ1) is 17.4. The maximum absolute atomic E-state index is 13.2. The molecule has 3 N–H and O–H groups in total. The molecule has 0 bridgehead atoms. The predicted octanol–water partition coefficient (Wildman–Crippen LogP) is 1.47. The summed E-state index contributed by atoms with van der Waals surface area (Å²) in [6.45, 7) is 0. The number of nitrogens with zero attached hydrogens (tertiary/aromatic N) is 2. The summed E-state index contributed by atoms with van der Waals surface area (Å²) in [5.74, 6) is -0.183. The summed E-state index contributed by atoms with van der Waals surface area (Å²) in [5, 5.41) is 29.2. The summed E-state index contributed by atoms with van der Waals surface area (Å²) in [6, 6.07) is 5.98. The zero-order chi connectivity index (χ0) is 17.3. The van der Waals surface area contributed by atoms with Crippen LogP contribution in [0.5, 0.6) is 5.75 Å². The minimum atomic E-state index is -1.29. The van der Waals surface area contributed by atoms with Crippen molar-refractivity contribution in [3.8, 4) is 17.0 Å². The van der Waals surface area contributed by atoms with Gasteiger partial charge in [-0.05, 0) is 18.2 Å². The van der Waals surface area contributed by atoms with Crippen LogP contribution in [0.15, 0.2) is 30.5 Å². The zero-order valence-corrected chi connectivity index (χ0v) is 13.8. The Morgan fingerprint density at radius 2 is 2.00 bits per heavy atom. The lowest BCUT2D eigenvalue weighted by Gasteiger charge is -2.34. The fraction of sp³-hybridized carbons (Fsp3) is 0.333. The molecule has 1 saturated heterocycles. The number of aromatic nitrogens is 2. The summed E-state index contributed by atoms with van der Waals surface area (Å²) in [7, 11) is 0. The molecule has 3 heterocycles. The molecule has 1 aliphatic heterocycles. The fourth-order valence-corrected chi connectivity index (χ4v) is 3.55. The highest BCUT2D eigenvalue weighted by Crippen LogP contribution is 2.33. The quantitative estimate of drug-likeness (QED) is 0.702. The van der Waals surface area contributed by atoms with Crippen molar-refractivity contribution in [2.45, 2.75) is 23.7 Å². The largest absolute Gasteiger partial charge is 0.474 e. The maximum Gasteiger partial charge on any atom is 0.213 e. The van der Waals surface area contributed by atoms with Gasteiger partial charge in [0.25, 0.3) is 0 Å². The van der Waals surface area contributed by atoms with Crippen LogP contribution < -0.4 is 4.74 Å². The normalized spacial score (nSPS) is 27.0. The highest BCUT2D eigenvalue weighted by atomic mass is 35.5. The maximum atomic E-state index is 13.2. The number of hydrogen-bond acceptors (Lipinski definition) is 7. The van der Waals surface area contributed by atoms with Crippen LogP contribution >= 0.6 is 23.4 Å². The standard InChI is InChI=1S/C15H14ClFN2O4S/c16-14-10(23-15-13(22)12(21)9(20)6-24-15)2-1-8(19-14)7-3-4-18-11(17)5-7/h1-5,9,12-13,15,20-22H,6H2/t9-,12+,13-,15+/m1/s1. The second-order valence-corrected chi connectivity index (χ2v) is 6.71. The van der Waals surface area contributed by atoms with Crippen molar-refractivity contribution in [1.82, 2.24) is 9.97 Å². The lowest BCUT2D eigenvalue weighted by molar-refractivity contribution is -0.0786. The van der Waals surface area contributed by atoms with Crippen LogP contribution in [-0.4, -0.2) is 54.8 Å². The monoisotopic (exact) mass is 372 g/mol. The summed E-state index contributed by atoms with van der Waals surface area (Å²) in [5.41, 5.74) is 0.175. The first-order valence-electron chi connectivity index (χ1n) is 7.06. The van der Waals surface area contributed by atoms with Gasteiger partial charge in [0.15, 0.2) is 16.3 Å². The molecule has 6 nitrogen and oxygen atoms in total. The molecule has 0 unspecified atom stereocenters. The lowest BCUT2D eigenvalue weighted by Crippen LogP contribution is -2.50. The molecule has 3 rings (SSSR count). The molecule has 1 fully saturated rings. The van der Waals surface area contributed by atoms with E-state index >= 15 is 0 Å². The van der Waals surface area contributed by atoms with E-state index in [1.165, 1.54) is 12.3 Å². The Morgan fingerprint density at radius 1 is 1.21 bits per heavy atom. The van der Waals surface area contributed by atoms with Gasteiger partial charge in [-0.2, -0.15) is 4.39 Å². The van der Waals surface area contributed by atoms with E-state index in [0.29, 0.717) is 11.3 Å². The number of hydrogen-bond donors (Lipinski definition) is 3. The van der Waals surface area contributed by atoms with Crippen molar-refractivity contribution in [2.24, 2.45) is 0 Å². The minimum Gasteiger partial charge on any atom is -0.474 e. The molecule has 0 saturated carbocycles. The number of halogens is 2. The Kier molecular flexibility index (Phi) is 5.21. The van der Waals surface area contributed by atoms with Gasteiger partial charge < -0.3 is 20.1 Å². The van der Waals surface area contributed by atoms with Gasteiger partial charge in [-0.1, -0.05) is 11.6 Å². The molecule has 9 heteroatoms. The molecular formula is C15H14ClFN2O4S. The average molecular weight is 373 g/mol. The first-order chi connectivity index (χ1) is 11.5. The summed E-state index contributed by atoms with van der Waals surface area (Å²) >= 11 is 7.27. The summed E-state index contributed by atoms with van der Waals surface area (Å²) in [6.07, 6.45) is -2.24. The smallest absolute Gasteiger partial charge is 0.213 e. The third kappa shape index (κ3) is 3.62. The molecule has 0 amide bonds. The molecule has 0 aromatic carbocycles. The van der Waals surface area contributed by atoms with Gasteiger partial charge >= 0.3 is 0 Å². The third-order valence-electron chi connectivity index (χ3n) is 3.53. The third-order valence-corrected chi connectivity index (χ3v) is 5.04. The molecule has 24 heavy (non-hydrogen) atoms. The van der Waals surface area contributed by atoms with Crippen molar-refractivity contribution in [2.75, 3.05) is 5.75 Å². The van der Waals surface area contributed by atoms with Gasteiger partial charge in [0.1, 0.15) is 12.2 Å². The molecule has 1 aliphatic rings. The fourth-order valence-electron chi connectivity index (χ4n) is 2.24. The van der Waals surface area contributed by atoms with Gasteiger partial charge in [-0.3, -0.25) is 0 Å². The van der Waals surface area contributed by atoms with Gasteiger partial charge in [-0.15, -0.1) is 11.8 Å². The Bertz CT molecular complexity index is 738. The summed E-state index contributed by atoms with van der Waals surface area (Å²) in [4.78, 5) is 7.63. The van der Waals surface area contributed by atoms with E-state index in [-0.39, 0.29) is 16.7 Å². The Morgan fingerprint density at radius 3 is 2.71 bits per heavy atom. The van der Waals surface area contributed by atoms with Crippen molar-refractivity contribution < 1.29 is 24.4 Å². The number of ether oxygens (including phenoxy) is 1. The second-order valence-electron chi connectivity index (χ2n) is 5.22. The number of aliphatic hydroxyl groups excluding tert-OH is 3. The SMILES string of the molecule is O[C@@H]1[C@@H](O)[C@@H](Oc2ccc(-c3ccnc(F)c3)nc2Cl)SC[C@H]1O. The summed E-state index contributed by atoms with van der Waals surface area (Å²) < 4.78 is 18.8. The van der Waals surface area contributed by atoms with Crippen molar-refractivity contribution in [3.05, 3.63) is 41.6 Å². The second kappa shape index (κ2) is 7.20. The van der Waals surface area contributed by atoms with Crippen LogP contribution in [0, 0.1) is 5.95 Å². The van der Waals surface area contributed by atoms with E-state index in [1.807, 2.05) is 0 Å². The van der Waals surface area contributed by atoms with Crippen molar-refractivity contribution in [1.29, 1.82) is 0 Å². The Hall–Kier alpha value is -1.45. The van der Waals surface area contributed by atoms with E-state index in [0.717, 1.165) is 11.8 Å². The van der Waals surface area contributed by atoms with Crippen molar-refractivity contribution >= 4 is 23.4 Å². The van der Waals surface area contributed by atoms with E-state index in [4.69, 9.17) is 16.3 Å².